The number of allylic oxidation sites excluding steroid dienone is 2. The van der Waals surface area contributed by atoms with Crippen molar-refractivity contribution in [3.05, 3.63) is 96.4 Å². The van der Waals surface area contributed by atoms with Crippen molar-refractivity contribution in [2.24, 2.45) is 17.8 Å². The van der Waals surface area contributed by atoms with E-state index in [1.165, 1.54) is 24.7 Å². The van der Waals surface area contributed by atoms with Crippen molar-refractivity contribution in [2.75, 3.05) is 13.7 Å². The number of rotatable bonds is 12. The highest BCUT2D eigenvalue weighted by atomic mass is 16.5. The second kappa shape index (κ2) is 15.7. The van der Waals surface area contributed by atoms with Crippen LogP contribution in [0.3, 0.4) is 0 Å². The molecule has 3 atom stereocenters. The van der Waals surface area contributed by atoms with Crippen LogP contribution in [0.2, 0.25) is 0 Å². The molecule has 0 radical (unpaired) electrons. The first-order valence-corrected chi connectivity index (χ1v) is 19.4. The van der Waals surface area contributed by atoms with Crippen LogP contribution < -0.4 is 16.0 Å². The normalized spacial score (nSPS) is 21.3. The Kier molecular flexibility index (Phi) is 11.3. The van der Waals surface area contributed by atoms with Gasteiger partial charge >= 0.3 is 11.9 Å². The number of Topliss-reactive ketones (excluding diaryl/α,β-unsaturated/α-hetero) is 1. The molecule has 3 aliphatic rings. The van der Waals surface area contributed by atoms with Gasteiger partial charge in [0.15, 0.2) is 0 Å². The van der Waals surface area contributed by atoms with Crippen molar-refractivity contribution in [1.82, 2.24) is 20.3 Å². The zero-order valence-corrected chi connectivity index (χ0v) is 33.4. The number of nitrogens with one attached hydrogen (secondary N) is 4. The van der Waals surface area contributed by atoms with Gasteiger partial charge in [0.25, 0.3) is 0 Å². The van der Waals surface area contributed by atoms with Crippen LogP contribution in [0.1, 0.15) is 128 Å². The van der Waals surface area contributed by atoms with Crippen LogP contribution in [0, 0.1) is 38.5 Å². The highest BCUT2D eigenvalue weighted by molar-refractivity contribution is 6.34. The number of H-pyrrole nitrogens is 3. The number of aromatic amines is 3. The topological polar surface area (TPSA) is 129 Å². The monoisotopic (exact) mass is 732 g/mol. The van der Waals surface area contributed by atoms with E-state index >= 15 is 0 Å². The molecule has 2 aliphatic heterocycles. The molecule has 0 saturated carbocycles. The lowest BCUT2D eigenvalue weighted by molar-refractivity contribution is -0.142. The molecule has 1 aliphatic carbocycles. The largest absolute Gasteiger partial charge is 0.465 e. The Morgan fingerprint density at radius 1 is 0.963 bits per heavy atom. The maximum Gasteiger partial charge on any atom is 0.342 e. The summed E-state index contributed by atoms with van der Waals surface area (Å²) >= 11 is 0. The van der Waals surface area contributed by atoms with E-state index in [1.807, 2.05) is 19.1 Å². The second-order valence-corrected chi connectivity index (χ2v) is 15.6. The molecular formula is C45H56N4O5. The molecular weight excluding hydrogens is 677 g/mol. The molecule has 5 heterocycles. The lowest BCUT2D eigenvalue weighted by Crippen LogP contribution is -2.31. The first-order chi connectivity index (χ1) is 25.8. The molecule has 1 unspecified atom stereocenters. The van der Waals surface area contributed by atoms with Crippen LogP contribution in [0.15, 0.2) is 29.5 Å². The van der Waals surface area contributed by atoms with E-state index in [1.54, 1.807) is 0 Å². The molecule has 0 spiro atoms. The summed E-state index contributed by atoms with van der Waals surface area (Å²) in [4.78, 5) is 51.8. The Balaban J connectivity index is 1.45. The molecule has 9 nitrogen and oxygen atoms in total. The van der Waals surface area contributed by atoms with E-state index in [0.29, 0.717) is 29.2 Å². The fraction of sp³-hybridized carbons (Fsp3) is 0.444. The van der Waals surface area contributed by atoms with Crippen LogP contribution >= 0.6 is 0 Å². The number of carbonyl (C=O) groups excluding carboxylic acids is 3. The fourth-order valence-corrected chi connectivity index (χ4v) is 8.59. The maximum atomic E-state index is 14.3. The first kappa shape index (κ1) is 38.7. The van der Waals surface area contributed by atoms with Crippen LogP contribution in [0.25, 0.3) is 29.9 Å². The van der Waals surface area contributed by atoms with Crippen LogP contribution in [0.4, 0.5) is 0 Å². The predicted octanol–water partition coefficient (Wildman–Crippen LogP) is 7.26. The summed E-state index contributed by atoms with van der Waals surface area (Å²) in [6.45, 7) is 21.3. The first-order valence-electron chi connectivity index (χ1n) is 19.4. The van der Waals surface area contributed by atoms with E-state index < -0.39 is 12.0 Å². The Morgan fingerprint density at radius 2 is 1.69 bits per heavy atom. The van der Waals surface area contributed by atoms with Gasteiger partial charge in [-0.2, -0.15) is 0 Å². The van der Waals surface area contributed by atoms with Crippen LogP contribution in [0.5, 0.6) is 0 Å². The molecule has 0 aromatic carbocycles. The highest BCUT2D eigenvalue weighted by Crippen LogP contribution is 2.46. The van der Waals surface area contributed by atoms with Gasteiger partial charge in [-0.3, -0.25) is 9.59 Å². The number of hydrogen-bond donors (Lipinski definition) is 4. The van der Waals surface area contributed by atoms with Gasteiger partial charge in [0, 0.05) is 57.0 Å². The predicted molar refractivity (Wildman–Crippen MR) is 216 cm³/mol. The smallest absolute Gasteiger partial charge is 0.342 e. The van der Waals surface area contributed by atoms with Crippen molar-refractivity contribution in [3.8, 4) is 0 Å². The number of aromatic nitrogens is 3. The van der Waals surface area contributed by atoms with Crippen LogP contribution in [-0.2, 0) is 25.5 Å². The summed E-state index contributed by atoms with van der Waals surface area (Å²) in [6.07, 6.45) is 15.0. The number of ether oxygens (including phenoxy) is 2. The number of esters is 2. The quantitative estimate of drug-likeness (QED) is 0.0882. The second-order valence-electron chi connectivity index (χ2n) is 15.6. The minimum absolute atomic E-state index is 0.0280. The van der Waals surface area contributed by atoms with Crippen molar-refractivity contribution in [2.45, 2.75) is 100.0 Å². The standard InChI is InChI=1S/C45H56N4O5/c1-11-29-25(6)32-20-34-27(8)31(16-17-38(50)54-19-18-24(5)15-13-14-23(3)4)42(48-34)40-41(45(52)53-10)44(51)39-28(9)35(49-43(39)40)22-37-30(12-2)26(7)33(47-37)21-36(29)46-32/h11,18,20-23,27,31,42,46-49H,1,12-17,19H2,2-10H3/b24-18+,33-21-,34-20-,37-22-/t27-,31-,42?/m0/s1. The number of fused-ring (bicyclic) bond motifs is 8. The van der Waals surface area contributed by atoms with Crippen molar-refractivity contribution < 1.29 is 23.9 Å². The van der Waals surface area contributed by atoms with Gasteiger partial charge in [0.1, 0.15) is 12.2 Å². The van der Waals surface area contributed by atoms with Crippen molar-refractivity contribution in [1.29, 1.82) is 0 Å². The van der Waals surface area contributed by atoms with E-state index in [-0.39, 0.29) is 42.2 Å². The summed E-state index contributed by atoms with van der Waals surface area (Å²) < 4.78 is 10.9. The lowest BCUT2D eigenvalue weighted by atomic mass is 9.82. The molecule has 8 bridgehead atoms. The zero-order chi connectivity index (χ0) is 39.0. The third-order valence-corrected chi connectivity index (χ3v) is 11.8. The van der Waals surface area contributed by atoms with Gasteiger partial charge in [-0.1, -0.05) is 52.3 Å². The molecule has 0 amide bonds. The van der Waals surface area contributed by atoms with Gasteiger partial charge in [-0.15, -0.1) is 0 Å². The third kappa shape index (κ3) is 7.13. The highest BCUT2D eigenvalue weighted by Gasteiger charge is 2.47. The molecule has 3 aromatic heterocycles. The average molecular weight is 733 g/mol. The maximum absolute atomic E-state index is 14.3. The van der Waals surface area contributed by atoms with E-state index in [4.69, 9.17) is 9.47 Å². The number of hydrogen-bond acceptors (Lipinski definition) is 6. The summed E-state index contributed by atoms with van der Waals surface area (Å²) in [7, 11) is 1.30. The minimum Gasteiger partial charge on any atom is -0.465 e. The molecule has 6 rings (SSSR count). The lowest BCUT2D eigenvalue weighted by Gasteiger charge is -2.23. The number of carbonyl (C=O) groups is 3. The van der Waals surface area contributed by atoms with E-state index in [2.05, 4.69) is 93.5 Å². The fourth-order valence-electron chi connectivity index (χ4n) is 8.59. The third-order valence-electron chi connectivity index (χ3n) is 11.8. The van der Waals surface area contributed by atoms with Crippen molar-refractivity contribution in [3.63, 3.8) is 0 Å². The average Bonchev–Trinajstić information content (AvgIpc) is 3.87. The van der Waals surface area contributed by atoms with Gasteiger partial charge in [0.2, 0.25) is 5.78 Å². The number of methoxy groups -OCH3 is 1. The number of ketones is 1. The van der Waals surface area contributed by atoms with Gasteiger partial charge in [-0.05, 0) is 112 Å². The molecule has 54 heavy (non-hydrogen) atoms. The zero-order valence-electron chi connectivity index (χ0n) is 33.4. The van der Waals surface area contributed by atoms with Crippen molar-refractivity contribution >= 4 is 47.6 Å². The SMILES string of the molecule is C=Cc1c2[nH]c(c1C)/C=C1\NC(C3=C(C(=O)OC)C(=O)c4c3[nH]c(c4C)/C=c3\[nH]/c(c(C)c3CC)=C\2)[C@@H](CCC(=O)OC/C=C(\C)CCCC(C)C)[C@@H]1C. The molecule has 3 aromatic rings. The molecule has 286 valence electrons. The summed E-state index contributed by atoms with van der Waals surface area (Å²) in [5.74, 6) is -0.845. The van der Waals surface area contributed by atoms with Gasteiger partial charge < -0.3 is 29.7 Å². The summed E-state index contributed by atoms with van der Waals surface area (Å²) in [5, 5.41) is 5.69. The van der Waals surface area contributed by atoms with E-state index in [0.717, 1.165) is 75.0 Å². The Labute approximate surface area is 318 Å². The minimum atomic E-state index is -0.673. The van der Waals surface area contributed by atoms with Gasteiger partial charge in [-0.25, -0.2) is 4.79 Å². The Morgan fingerprint density at radius 3 is 2.37 bits per heavy atom. The molecule has 1 saturated heterocycles. The van der Waals surface area contributed by atoms with E-state index in [9.17, 15) is 14.4 Å². The Bertz CT molecular complexity index is 2230. The van der Waals surface area contributed by atoms with Gasteiger partial charge in [0.05, 0.1) is 24.4 Å². The molecule has 9 heteroatoms. The molecule has 4 N–H and O–H groups in total. The van der Waals surface area contributed by atoms with Crippen LogP contribution in [-0.4, -0.2) is 52.4 Å². The Hall–Kier alpha value is -5.05. The molecule has 1 fully saturated rings. The summed E-state index contributed by atoms with van der Waals surface area (Å²) in [6, 6.07) is -0.467. The summed E-state index contributed by atoms with van der Waals surface area (Å²) in [5.41, 5.74) is 11.7.